The molecule has 0 aliphatic rings. The topological polar surface area (TPSA) is 32.3 Å². The van der Waals surface area contributed by atoms with Gasteiger partial charge in [0, 0.05) is 6.04 Å². The van der Waals surface area contributed by atoms with Crippen LogP contribution < -0.4 is 5.32 Å². The van der Waals surface area contributed by atoms with Gasteiger partial charge in [0.25, 0.3) is 0 Å². The van der Waals surface area contributed by atoms with Crippen LogP contribution in [0.5, 0.6) is 0 Å². The largest absolute Gasteiger partial charge is 0.407 e. The van der Waals surface area contributed by atoms with Crippen LogP contribution in [0.4, 0.5) is 13.2 Å². The molecule has 0 unspecified atom stereocenters. The Kier molecular flexibility index (Phi) is 6.68. The van der Waals surface area contributed by atoms with Crippen molar-refractivity contribution in [1.82, 2.24) is 5.32 Å². The van der Waals surface area contributed by atoms with Crippen LogP contribution in [-0.2, 0) is 0 Å². The highest BCUT2D eigenvalue weighted by Gasteiger charge is 2.41. The van der Waals surface area contributed by atoms with Crippen LogP contribution in [0.3, 0.4) is 0 Å². The van der Waals surface area contributed by atoms with Crippen molar-refractivity contribution < 1.29 is 18.3 Å². The fraction of sp³-hybridized carbons (Fsp3) is 0.538. The van der Waals surface area contributed by atoms with Gasteiger partial charge in [-0.3, -0.25) is 5.32 Å². The Bertz CT molecular complexity index is 359. The molecule has 0 saturated carbocycles. The molecule has 0 aliphatic carbocycles. The number of nitrogens with one attached hydrogen (secondary N) is 1. The van der Waals surface area contributed by atoms with Crippen molar-refractivity contribution in [2.45, 2.75) is 24.7 Å². The summed E-state index contributed by atoms with van der Waals surface area (Å²) in [5, 5.41) is 11.7. The zero-order valence-electron chi connectivity index (χ0n) is 10.7. The minimum atomic E-state index is -4.38. The molecule has 1 aromatic rings. The van der Waals surface area contributed by atoms with Crippen molar-refractivity contribution in [1.29, 1.82) is 0 Å². The van der Waals surface area contributed by atoms with Crippen LogP contribution >= 0.6 is 11.8 Å². The molecule has 0 amide bonds. The minimum absolute atomic E-state index is 0.164. The number of halogens is 3. The summed E-state index contributed by atoms with van der Waals surface area (Å²) in [6.45, 7) is -0.306. The standard InChI is InChI=1S/C13H18F3NOS/c1-19-8-7-11(9-18)17-12(13(14,15)16)10-5-3-2-4-6-10/h2-6,11-12,17-18H,7-9H2,1H3/t11-,12-/m0/s1. The molecule has 0 aliphatic heterocycles. The highest BCUT2D eigenvalue weighted by atomic mass is 32.2. The molecule has 0 radical (unpaired) electrons. The number of alkyl halides is 3. The average molecular weight is 293 g/mol. The maximum absolute atomic E-state index is 13.1. The number of hydrogen-bond acceptors (Lipinski definition) is 3. The van der Waals surface area contributed by atoms with Crippen LogP contribution in [-0.4, -0.2) is 35.9 Å². The Labute approximate surface area is 115 Å². The molecule has 19 heavy (non-hydrogen) atoms. The number of rotatable bonds is 7. The van der Waals surface area contributed by atoms with E-state index in [2.05, 4.69) is 5.32 Å². The van der Waals surface area contributed by atoms with E-state index in [0.29, 0.717) is 12.2 Å². The summed E-state index contributed by atoms with van der Waals surface area (Å²) < 4.78 is 39.2. The lowest BCUT2D eigenvalue weighted by Gasteiger charge is -2.26. The van der Waals surface area contributed by atoms with Crippen LogP contribution in [0.25, 0.3) is 0 Å². The van der Waals surface area contributed by atoms with Gasteiger partial charge in [-0.05, 0) is 24.0 Å². The quantitative estimate of drug-likeness (QED) is 0.810. The summed E-state index contributed by atoms with van der Waals surface area (Å²) in [7, 11) is 0. The third kappa shape index (κ3) is 5.42. The summed E-state index contributed by atoms with van der Waals surface area (Å²) in [6.07, 6.45) is -2.00. The van der Waals surface area contributed by atoms with E-state index in [9.17, 15) is 18.3 Å². The average Bonchev–Trinajstić information content (AvgIpc) is 2.38. The second-order valence-corrected chi connectivity index (χ2v) is 5.20. The van der Waals surface area contributed by atoms with Gasteiger partial charge in [0.15, 0.2) is 0 Å². The van der Waals surface area contributed by atoms with Gasteiger partial charge in [-0.25, -0.2) is 0 Å². The van der Waals surface area contributed by atoms with E-state index in [0.717, 1.165) is 0 Å². The summed E-state index contributed by atoms with van der Waals surface area (Å²) in [5.74, 6) is 0.706. The maximum Gasteiger partial charge on any atom is 0.407 e. The second-order valence-electron chi connectivity index (χ2n) is 4.21. The van der Waals surface area contributed by atoms with Crippen molar-refractivity contribution in [3.05, 3.63) is 35.9 Å². The lowest BCUT2D eigenvalue weighted by molar-refractivity contribution is -0.160. The van der Waals surface area contributed by atoms with Crippen molar-refractivity contribution in [2.24, 2.45) is 0 Å². The highest BCUT2D eigenvalue weighted by molar-refractivity contribution is 7.98. The molecule has 2 nitrogen and oxygen atoms in total. The molecule has 0 fully saturated rings. The van der Waals surface area contributed by atoms with Gasteiger partial charge in [-0.2, -0.15) is 24.9 Å². The van der Waals surface area contributed by atoms with Crippen LogP contribution in [0.2, 0.25) is 0 Å². The predicted octanol–water partition coefficient (Wildman–Crippen LogP) is 2.99. The molecule has 2 atom stereocenters. The molecular formula is C13H18F3NOS. The number of aliphatic hydroxyl groups is 1. The van der Waals surface area contributed by atoms with Crippen molar-refractivity contribution >= 4 is 11.8 Å². The molecular weight excluding hydrogens is 275 g/mol. The molecule has 1 rings (SSSR count). The van der Waals surface area contributed by atoms with Gasteiger partial charge in [0.2, 0.25) is 0 Å². The van der Waals surface area contributed by atoms with Gasteiger partial charge in [-0.1, -0.05) is 30.3 Å². The van der Waals surface area contributed by atoms with Crippen LogP contribution in [0, 0.1) is 0 Å². The summed E-state index contributed by atoms with van der Waals surface area (Å²) in [6, 6.07) is 5.40. The summed E-state index contributed by atoms with van der Waals surface area (Å²) in [4.78, 5) is 0. The smallest absolute Gasteiger partial charge is 0.395 e. The van der Waals surface area contributed by atoms with E-state index >= 15 is 0 Å². The summed E-state index contributed by atoms with van der Waals surface area (Å²) >= 11 is 1.54. The van der Waals surface area contributed by atoms with Crippen LogP contribution in [0.15, 0.2) is 30.3 Å². The maximum atomic E-state index is 13.1. The Morgan fingerprint density at radius 2 is 1.89 bits per heavy atom. The number of aliphatic hydroxyl groups excluding tert-OH is 1. The van der Waals surface area contributed by atoms with E-state index in [4.69, 9.17) is 0 Å². The predicted molar refractivity (Wildman–Crippen MR) is 72.2 cm³/mol. The lowest BCUT2D eigenvalue weighted by atomic mass is 10.0. The zero-order valence-corrected chi connectivity index (χ0v) is 11.5. The third-order valence-electron chi connectivity index (χ3n) is 2.75. The number of benzene rings is 1. The van der Waals surface area contributed by atoms with Crippen molar-refractivity contribution in [3.63, 3.8) is 0 Å². The van der Waals surface area contributed by atoms with E-state index in [-0.39, 0.29) is 12.2 Å². The fourth-order valence-electron chi connectivity index (χ4n) is 1.75. The minimum Gasteiger partial charge on any atom is -0.395 e. The van der Waals surface area contributed by atoms with Gasteiger partial charge >= 0.3 is 6.18 Å². The number of thioether (sulfide) groups is 1. The normalized spacial score (nSPS) is 15.2. The first-order valence-corrected chi connectivity index (χ1v) is 7.36. The van der Waals surface area contributed by atoms with Crippen LogP contribution in [0.1, 0.15) is 18.0 Å². The molecule has 0 spiro atoms. The molecule has 0 heterocycles. The van der Waals surface area contributed by atoms with Gasteiger partial charge in [-0.15, -0.1) is 0 Å². The fourth-order valence-corrected chi connectivity index (χ4v) is 2.27. The molecule has 1 aromatic carbocycles. The third-order valence-corrected chi connectivity index (χ3v) is 3.40. The van der Waals surface area contributed by atoms with Crippen molar-refractivity contribution in [3.8, 4) is 0 Å². The Hall–Kier alpha value is -0.720. The molecule has 0 aromatic heterocycles. The first-order chi connectivity index (χ1) is 8.99. The van der Waals surface area contributed by atoms with Gasteiger partial charge in [0.05, 0.1) is 6.61 Å². The lowest BCUT2D eigenvalue weighted by Crippen LogP contribution is -2.42. The second kappa shape index (κ2) is 7.77. The molecule has 0 bridgehead atoms. The zero-order chi connectivity index (χ0) is 14.3. The highest BCUT2D eigenvalue weighted by Crippen LogP contribution is 2.33. The van der Waals surface area contributed by atoms with Crippen molar-refractivity contribution in [2.75, 3.05) is 18.6 Å². The Morgan fingerprint density at radius 3 is 2.37 bits per heavy atom. The molecule has 0 saturated heterocycles. The Balaban J connectivity index is 2.81. The molecule has 6 heteroatoms. The van der Waals surface area contributed by atoms with E-state index in [1.807, 2.05) is 6.26 Å². The molecule has 108 valence electrons. The first kappa shape index (κ1) is 16.3. The Morgan fingerprint density at radius 1 is 1.26 bits per heavy atom. The molecule has 2 N–H and O–H groups in total. The summed E-state index contributed by atoms with van der Waals surface area (Å²) in [5.41, 5.74) is 0.164. The van der Waals surface area contributed by atoms with E-state index < -0.39 is 18.3 Å². The monoisotopic (exact) mass is 293 g/mol. The van der Waals surface area contributed by atoms with Gasteiger partial charge < -0.3 is 5.11 Å². The SMILES string of the molecule is CSCC[C@@H](CO)N[C@@H](c1ccccc1)C(F)(F)F. The van der Waals surface area contributed by atoms with E-state index in [1.165, 1.54) is 12.1 Å². The first-order valence-electron chi connectivity index (χ1n) is 5.96. The number of hydrogen-bond donors (Lipinski definition) is 2. The van der Waals surface area contributed by atoms with Gasteiger partial charge in [0.1, 0.15) is 6.04 Å². The van der Waals surface area contributed by atoms with E-state index in [1.54, 1.807) is 30.0 Å².